The maximum atomic E-state index is 15.1. The largest absolute Gasteiger partial charge is 0.416 e. The molecule has 0 aliphatic rings. The summed E-state index contributed by atoms with van der Waals surface area (Å²) < 4.78 is 55.0. The van der Waals surface area contributed by atoms with Gasteiger partial charge in [-0.1, -0.05) is 11.6 Å². The number of carbonyl (C=O) groups is 2. The Kier molecular flexibility index (Phi) is 7.35. The maximum Gasteiger partial charge on any atom is 0.416 e. The molecule has 0 unspecified atom stereocenters. The summed E-state index contributed by atoms with van der Waals surface area (Å²) in [5, 5.41) is 9.19. The summed E-state index contributed by atoms with van der Waals surface area (Å²) in [4.78, 5) is 28.0. The zero-order chi connectivity index (χ0) is 27.6. The minimum absolute atomic E-state index is 0.0126. The van der Waals surface area contributed by atoms with Gasteiger partial charge >= 0.3 is 12.2 Å². The number of alkyl halides is 3. The van der Waals surface area contributed by atoms with Crippen molar-refractivity contribution in [3.05, 3.63) is 83.0 Å². The average molecular weight is 547 g/mol. The number of amides is 3. The third-order valence-corrected chi connectivity index (χ3v) is 5.84. The summed E-state index contributed by atoms with van der Waals surface area (Å²) in [5.41, 5.74) is 5.54. The molecule has 3 amide bonds. The van der Waals surface area contributed by atoms with Gasteiger partial charge in [0.2, 0.25) is 0 Å². The number of pyridine rings is 1. The predicted molar refractivity (Wildman–Crippen MR) is 134 cm³/mol. The highest BCUT2D eigenvalue weighted by atomic mass is 35.5. The molecule has 0 radical (unpaired) electrons. The van der Waals surface area contributed by atoms with Crippen molar-refractivity contribution < 1.29 is 27.2 Å². The number of rotatable bonds is 6. The maximum absolute atomic E-state index is 15.1. The van der Waals surface area contributed by atoms with Crippen LogP contribution in [-0.4, -0.2) is 26.7 Å². The molecule has 13 heteroatoms. The van der Waals surface area contributed by atoms with E-state index in [9.17, 15) is 22.8 Å². The molecule has 2 aromatic carbocycles. The van der Waals surface area contributed by atoms with Crippen LogP contribution in [0, 0.1) is 5.82 Å². The highest BCUT2D eigenvalue weighted by molar-refractivity contribution is 6.36. The number of hydrogen-bond acceptors (Lipinski definition) is 4. The molecule has 0 saturated carbocycles. The number of carbonyl (C=O) groups excluding carboxylic acids is 2. The monoisotopic (exact) mass is 546 g/mol. The number of primary amides is 1. The molecule has 196 valence electrons. The lowest BCUT2D eigenvalue weighted by atomic mass is 10.0. The Morgan fingerprint density at radius 3 is 2.42 bits per heavy atom. The normalized spacial score (nSPS) is 11.3. The van der Waals surface area contributed by atoms with Crippen molar-refractivity contribution in [2.24, 2.45) is 5.73 Å². The number of aryl methyl sites for hydroxylation is 1. The van der Waals surface area contributed by atoms with Gasteiger partial charge in [0, 0.05) is 41.3 Å². The van der Waals surface area contributed by atoms with E-state index in [-0.39, 0.29) is 33.2 Å². The van der Waals surface area contributed by atoms with E-state index in [1.54, 1.807) is 16.9 Å². The first-order valence-corrected chi connectivity index (χ1v) is 11.4. The van der Waals surface area contributed by atoms with E-state index in [0.29, 0.717) is 17.8 Å². The summed E-state index contributed by atoms with van der Waals surface area (Å²) in [6, 6.07) is 8.37. The number of nitrogens with one attached hydrogen (secondary N) is 2. The van der Waals surface area contributed by atoms with E-state index in [0.717, 1.165) is 30.3 Å². The molecule has 4 aromatic rings. The Balaban J connectivity index is 1.67. The summed E-state index contributed by atoms with van der Waals surface area (Å²) in [6.45, 7) is 2.26. The molecule has 2 heterocycles. The van der Waals surface area contributed by atoms with E-state index < -0.39 is 29.5 Å². The fourth-order valence-corrected chi connectivity index (χ4v) is 3.92. The van der Waals surface area contributed by atoms with Crippen LogP contribution >= 0.6 is 11.6 Å². The topological polar surface area (TPSA) is 115 Å². The van der Waals surface area contributed by atoms with Gasteiger partial charge in [-0.15, -0.1) is 0 Å². The van der Waals surface area contributed by atoms with E-state index in [1.807, 2.05) is 6.92 Å². The van der Waals surface area contributed by atoms with Gasteiger partial charge in [0.15, 0.2) is 0 Å². The second-order valence-electron chi connectivity index (χ2n) is 7.98. The number of nitrogens with zero attached hydrogens (tertiary/aromatic N) is 3. The first kappa shape index (κ1) is 26.6. The highest BCUT2D eigenvalue weighted by Gasteiger charge is 2.30. The SMILES string of the molecule is CCn1cc(-c2c(F)ccc(NC(=O)Nc3ccc(C(F)(F)F)cc3)c2Cl)c(-c2ccnc(C(N)=O)c2)n1. The average Bonchev–Trinajstić information content (AvgIpc) is 3.30. The van der Waals surface area contributed by atoms with Gasteiger partial charge in [-0.05, 0) is 55.5 Å². The Morgan fingerprint density at radius 2 is 1.79 bits per heavy atom. The van der Waals surface area contributed by atoms with Crippen LogP contribution in [-0.2, 0) is 12.7 Å². The van der Waals surface area contributed by atoms with Crippen molar-refractivity contribution in [1.82, 2.24) is 14.8 Å². The fourth-order valence-electron chi connectivity index (χ4n) is 3.62. The van der Waals surface area contributed by atoms with Gasteiger partial charge in [0.05, 0.1) is 16.3 Å². The molecule has 0 aliphatic heterocycles. The third-order valence-electron chi connectivity index (χ3n) is 5.45. The van der Waals surface area contributed by atoms with Gasteiger partial charge in [-0.3, -0.25) is 14.5 Å². The Hall–Kier alpha value is -4.45. The van der Waals surface area contributed by atoms with Gasteiger partial charge in [0.1, 0.15) is 17.2 Å². The van der Waals surface area contributed by atoms with Crippen molar-refractivity contribution >= 4 is 34.9 Å². The van der Waals surface area contributed by atoms with Gasteiger partial charge in [-0.2, -0.15) is 18.3 Å². The van der Waals surface area contributed by atoms with Crippen LogP contribution in [0.15, 0.2) is 60.9 Å². The first-order chi connectivity index (χ1) is 18.0. The van der Waals surface area contributed by atoms with Crippen LogP contribution in [0.1, 0.15) is 23.0 Å². The fraction of sp³-hybridized carbons (Fsp3) is 0.120. The molecule has 4 rings (SSSR count). The Morgan fingerprint density at radius 1 is 1.08 bits per heavy atom. The van der Waals surface area contributed by atoms with E-state index in [1.165, 1.54) is 18.3 Å². The molecule has 8 nitrogen and oxygen atoms in total. The number of urea groups is 1. The van der Waals surface area contributed by atoms with E-state index in [2.05, 4.69) is 20.7 Å². The van der Waals surface area contributed by atoms with Crippen molar-refractivity contribution in [2.75, 3.05) is 10.6 Å². The van der Waals surface area contributed by atoms with Crippen molar-refractivity contribution in [3.8, 4) is 22.4 Å². The predicted octanol–water partition coefficient (Wildman–Crippen LogP) is 6.19. The number of aromatic nitrogens is 3. The lowest BCUT2D eigenvalue weighted by Gasteiger charge is -2.14. The van der Waals surface area contributed by atoms with Crippen molar-refractivity contribution in [2.45, 2.75) is 19.6 Å². The quantitative estimate of drug-likeness (QED) is 0.250. The van der Waals surface area contributed by atoms with Crippen molar-refractivity contribution in [1.29, 1.82) is 0 Å². The second kappa shape index (κ2) is 10.5. The molecule has 0 bridgehead atoms. The van der Waals surface area contributed by atoms with Crippen LogP contribution in [0.2, 0.25) is 5.02 Å². The van der Waals surface area contributed by atoms with Gasteiger partial charge < -0.3 is 16.4 Å². The highest BCUT2D eigenvalue weighted by Crippen LogP contribution is 2.40. The van der Waals surface area contributed by atoms with Crippen LogP contribution in [0.5, 0.6) is 0 Å². The number of halogens is 5. The van der Waals surface area contributed by atoms with E-state index in [4.69, 9.17) is 17.3 Å². The molecule has 0 aliphatic carbocycles. The zero-order valence-electron chi connectivity index (χ0n) is 19.6. The Labute approximate surface area is 218 Å². The Bertz CT molecular complexity index is 1520. The second-order valence-corrected chi connectivity index (χ2v) is 8.36. The summed E-state index contributed by atoms with van der Waals surface area (Å²) >= 11 is 6.53. The lowest BCUT2D eigenvalue weighted by molar-refractivity contribution is -0.137. The number of hydrogen-bond donors (Lipinski definition) is 3. The van der Waals surface area contributed by atoms with Gasteiger partial charge in [-0.25, -0.2) is 9.18 Å². The molecule has 2 aromatic heterocycles. The third kappa shape index (κ3) is 5.59. The molecule has 38 heavy (non-hydrogen) atoms. The molecule has 0 saturated heterocycles. The van der Waals surface area contributed by atoms with Crippen LogP contribution in [0.4, 0.5) is 33.7 Å². The summed E-state index contributed by atoms with van der Waals surface area (Å²) in [5.74, 6) is -1.46. The minimum Gasteiger partial charge on any atom is -0.364 e. The van der Waals surface area contributed by atoms with Crippen LogP contribution in [0.3, 0.4) is 0 Å². The van der Waals surface area contributed by atoms with Crippen LogP contribution < -0.4 is 16.4 Å². The molecule has 0 spiro atoms. The molecule has 0 atom stereocenters. The standard InChI is InChI=1S/C25H19ClF4N6O2/c1-2-36-12-16(22(35-36)13-9-10-32-19(11-13)23(31)37)20-17(27)7-8-18(21(20)26)34-24(38)33-15-5-3-14(4-6-15)25(28,29)30/h3-12H,2H2,1H3,(H2,31,37)(H2,33,34,38). The number of anilines is 2. The van der Waals surface area contributed by atoms with Crippen LogP contribution in [0.25, 0.3) is 22.4 Å². The molecule has 0 fully saturated rings. The first-order valence-electron chi connectivity index (χ1n) is 11.0. The molecular formula is C25H19ClF4N6O2. The molecular weight excluding hydrogens is 528 g/mol. The number of benzene rings is 2. The summed E-state index contributed by atoms with van der Waals surface area (Å²) in [6.07, 6.45) is -1.58. The van der Waals surface area contributed by atoms with Crippen molar-refractivity contribution in [3.63, 3.8) is 0 Å². The lowest BCUT2D eigenvalue weighted by Crippen LogP contribution is -2.20. The zero-order valence-corrected chi connectivity index (χ0v) is 20.4. The minimum atomic E-state index is -4.51. The van der Waals surface area contributed by atoms with Gasteiger partial charge in [0.25, 0.3) is 5.91 Å². The number of nitrogens with two attached hydrogens (primary N) is 1. The summed E-state index contributed by atoms with van der Waals surface area (Å²) in [7, 11) is 0. The van der Waals surface area contributed by atoms with E-state index >= 15 is 4.39 Å². The molecule has 4 N–H and O–H groups in total. The smallest absolute Gasteiger partial charge is 0.364 e.